The zero-order valence-corrected chi connectivity index (χ0v) is 9.67. The molecule has 0 bridgehead atoms. The van der Waals surface area contributed by atoms with Crippen molar-refractivity contribution >= 4 is 0 Å². The first-order valence-corrected chi connectivity index (χ1v) is 6.21. The maximum absolute atomic E-state index is 8.83. The average molecular weight is 201 g/mol. The standard InChI is InChI=1S/C12H27NO/c1-2-3-4-5-6-7-8-9-10-11-12(13)14/h12,14H,2-11,13H2,1H3. The van der Waals surface area contributed by atoms with E-state index in [0.717, 1.165) is 12.8 Å². The second-order valence-electron chi connectivity index (χ2n) is 4.18. The molecule has 2 nitrogen and oxygen atoms in total. The summed E-state index contributed by atoms with van der Waals surface area (Å²) in [5.74, 6) is 0. The van der Waals surface area contributed by atoms with E-state index in [1.54, 1.807) is 0 Å². The zero-order valence-electron chi connectivity index (χ0n) is 9.67. The van der Waals surface area contributed by atoms with Crippen LogP contribution >= 0.6 is 0 Å². The molecule has 0 heterocycles. The highest BCUT2D eigenvalue weighted by Gasteiger charge is 1.95. The van der Waals surface area contributed by atoms with Gasteiger partial charge in [0.1, 0.15) is 6.23 Å². The summed E-state index contributed by atoms with van der Waals surface area (Å²) in [6.07, 6.45) is 12.0. The Morgan fingerprint density at radius 1 is 0.857 bits per heavy atom. The maximum Gasteiger partial charge on any atom is 0.102 e. The second kappa shape index (κ2) is 11.0. The molecular weight excluding hydrogens is 174 g/mol. The minimum atomic E-state index is -0.598. The van der Waals surface area contributed by atoms with Crippen LogP contribution in [-0.2, 0) is 0 Å². The van der Waals surface area contributed by atoms with E-state index in [2.05, 4.69) is 6.92 Å². The van der Waals surface area contributed by atoms with Gasteiger partial charge in [-0.1, -0.05) is 58.3 Å². The third-order valence-electron chi connectivity index (χ3n) is 2.60. The van der Waals surface area contributed by atoms with Gasteiger partial charge in [0.25, 0.3) is 0 Å². The number of aliphatic hydroxyl groups excluding tert-OH is 1. The fraction of sp³-hybridized carbons (Fsp3) is 1.00. The molecule has 0 radical (unpaired) electrons. The van der Waals surface area contributed by atoms with Gasteiger partial charge in [-0.3, -0.25) is 0 Å². The summed E-state index contributed by atoms with van der Waals surface area (Å²) in [5.41, 5.74) is 5.24. The molecule has 0 amide bonds. The summed E-state index contributed by atoms with van der Waals surface area (Å²) in [7, 11) is 0. The highest BCUT2D eigenvalue weighted by Crippen LogP contribution is 2.10. The van der Waals surface area contributed by atoms with Gasteiger partial charge < -0.3 is 10.8 Å². The van der Waals surface area contributed by atoms with Crippen LogP contribution in [0.3, 0.4) is 0 Å². The summed E-state index contributed by atoms with van der Waals surface area (Å²) >= 11 is 0. The van der Waals surface area contributed by atoms with E-state index in [4.69, 9.17) is 10.8 Å². The molecule has 0 aliphatic heterocycles. The van der Waals surface area contributed by atoms with Crippen LogP contribution in [0.1, 0.15) is 71.1 Å². The van der Waals surface area contributed by atoms with E-state index >= 15 is 0 Å². The molecule has 3 N–H and O–H groups in total. The topological polar surface area (TPSA) is 46.2 Å². The Labute approximate surface area is 88.9 Å². The molecule has 86 valence electrons. The van der Waals surface area contributed by atoms with Crippen LogP contribution in [0.15, 0.2) is 0 Å². The number of rotatable bonds is 10. The van der Waals surface area contributed by atoms with E-state index in [1.807, 2.05) is 0 Å². The first-order valence-electron chi connectivity index (χ1n) is 6.21. The fourth-order valence-electron chi connectivity index (χ4n) is 1.66. The fourth-order valence-corrected chi connectivity index (χ4v) is 1.66. The van der Waals surface area contributed by atoms with Crippen molar-refractivity contribution in [1.82, 2.24) is 0 Å². The Bertz CT molecular complexity index is 104. The molecule has 0 spiro atoms. The van der Waals surface area contributed by atoms with Gasteiger partial charge in [-0.25, -0.2) is 0 Å². The quantitative estimate of drug-likeness (QED) is 0.421. The van der Waals surface area contributed by atoms with Crippen LogP contribution in [-0.4, -0.2) is 11.3 Å². The van der Waals surface area contributed by atoms with Crippen molar-refractivity contribution in [3.8, 4) is 0 Å². The maximum atomic E-state index is 8.83. The van der Waals surface area contributed by atoms with Crippen LogP contribution in [0, 0.1) is 0 Å². The van der Waals surface area contributed by atoms with Gasteiger partial charge in [0.2, 0.25) is 0 Å². The minimum Gasteiger partial charge on any atom is -0.379 e. The summed E-state index contributed by atoms with van der Waals surface area (Å²) in [5, 5.41) is 8.83. The van der Waals surface area contributed by atoms with Gasteiger partial charge in [0.15, 0.2) is 0 Å². The van der Waals surface area contributed by atoms with Gasteiger partial charge in [-0.15, -0.1) is 0 Å². The molecule has 14 heavy (non-hydrogen) atoms. The summed E-state index contributed by atoms with van der Waals surface area (Å²) < 4.78 is 0. The van der Waals surface area contributed by atoms with Crippen molar-refractivity contribution in [3.63, 3.8) is 0 Å². The second-order valence-corrected chi connectivity index (χ2v) is 4.18. The lowest BCUT2D eigenvalue weighted by Crippen LogP contribution is -2.17. The van der Waals surface area contributed by atoms with Gasteiger partial charge >= 0.3 is 0 Å². The number of nitrogens with two attached hydrogens (primary N) is 1. The molecule has 0 fully saturated rings. The Kier molecular flexibility index (Phi) is 10.9. The third kappa shape index (κ3) is 11.9. The molecule has 0 aromatic carbocycles. The minimum absolute atomic E-state index is 0.598. The van der Waals surface area contributed by atoms with Crippen LogP contribution in [0.5, 0.6) is 0 Å². The van der Waals surface area contributed by atoms with Gasteiger partial charge in [-0.2, -0.15) is 0 Å². The molecular formula is C12H27NO. The molecule has 0 aliphatic carbocycles. The monoisotopic (exact) mass is 201 g/mol. The molecule has 0 saturated heterocycles. The summed E-state index contributed by atoms with van der Waals surface area (Å²) in [6.45, 7) is 2.25. The molecule has 0 aromatic rings. The van der Waals surface area contributed by atoms with Crippen molar-refractivity contribution in [3.05, 3.63) is 0 Å². The predicted octanol–water partition coefficient (Wildman–Crippen LogP) is 3.18. The lowest BCUT2D eigenvalue weighted by molar-refractivity contribution is 0.168. The Hall–Kier alpha value is -0.0800. The normalized spacial score (nSPS) is 13.1. The Balaban J connectivity index is 2.85. The third-order valence-corrected chi connectivity index (χ3v) is 2.60. The van der Waals surface area contributed by atoms with Crippen LogP contribution < -0.4 is 5.73 Å². The molecule has 2 heteroatoms. The molecule has 0 aliphatic rings. The van der Waals surface area contributed by atoms with Gasteiger partial charge in [0.05, 0.1) is 0 Å². The van der Waals surface area contributed by atoms with E-state index < -0.39 is 6.23 Å². The smallest absolute Gasteiger partial charge is 0.102 e. The van der Waals surface area contributed by atoms with E-state index in [-0.39, 0.29) is 0 Å². The lowest BCUT2D eigenvalue weighted by atomic mass is 10.1. The van der Waals surface area contributed by atoms with Crippen molar-refractivity contribution in [2.75, 3.05) is 0 Å². The van der Waals surface area contributed by atoms with Crippen molar-refractivity contribution < 1.29 is 5.11 Å². The first kappa shape index (κ1) is 13.9. The highest BCUT2D eigenvalue weighted by molar-refractivity contribution is 4.49. The average Bonchev–Trinajstić information content (AvgIpc) is 2.15. The zero-order chi connectivity index (χ0) is 10.6. The molecule has 1 atom stereocenters. The number of hydrogen-bond acceptors (Lipinski definition) is 2. The molecule has 1 unspecified atom stereocenters. The summed E-state index contributed by atoms with van der Waals surface area (Å²) in [6, 6.07) is 0. The predicted molar refractivity (Wildman–Crippen MR) is 62.0 cm³/mol. The first-order chi connectivity index (χ1) is 6.77. The van der Waals surface area contributed by atoms with E-state index in [0.29, 0.717) is 0 Å². The lowest BCUT2D eigenvalue weighted by Gasteiger charge is -2.03. The number of hydrogen-bond donors (Lipinski definition) is 2. The van der Waals surface area contributed by atoms with Gasteiger partial charge in [-0.05, 0) is 12.8 Å². The van der Waals surface area contributed by atoms with Gasteiger partial charge in [0, 0.05) is 0 Å². The van der Waals surface area contributed by atoms with Crippen molar-refractivity contribution in [2.45, 2.75) is 77.4 Å². The van der Waals surface area contributed by atoms with E-state index in [1.165, 1.54) is 51.4 Å². The Morgan fingerprint density at radius 2 is 1.29 bits per heavy atom. The van der Waals surface area contributed by atoms with Crippen LogP contribution in [0.4, 0.5) is 0 Å². The number of aliphatic hydroxyl groups is 1. The van der Waals surface area contributed by atoms with E-state index in [9.17, 15) is 0 Å². The number of unbranched alkanes of at least 4 members (excludes halogenated alkanes) is 8. The largest absolute Gasteiger partial charge is 0.379 e. The van der Waals surface area contributed by atoms with Crippen LogP contribution in [0.2, 0.25) is 0 Å². The molecule has 0 saturated carbocycles. The summed E-state index contributed by atoms with van der Waals surface area (Å²) in [4.78, 5) is 0. The highest BCUT2D eigenvalue weighted by atomic mass is 16.3. The van der Waals surface area contributed by atoms with Crippen molar-refractivity contribution in [1.29, 1.82) is 0 Å². The molecule has 0 aromatic heterocycles. The molecule has 0 rings (SSSR count). The van der Waals surface area contributed by atoms with Crippen LogP contribution in [0.25, 0.3) is 0 Å². The van der Waals surface area contributed by atoms with Crippen molar-refractivity contribution in [2.24, 2.45) is 5.73 Å². The Morgan fingerprint density at radius 3 is 1.71 bits per heavy atom. The SMILES string of the molecule is CCCCCCCCCCCC(N)O.